The molecule has 2 N–H and O–H groups in total. The van der Waals surface area contributed by atoms with Gasteiger partial charge in [0.05, 0.1) is 28.4 Å². The van der Waals surface area contributed by atoms with Crippen LogP contribution in [0.1, 0.15) is 52.9 Å². The number of carbonyl (C=O) groups excluding carboxylic acids is 2. The van der Waals surface area contributed by atoms with Gasteiger partial charge >= 0.3 is 5.97 Å². The summed E-state index contributed by atoms with van der Waals surface area (Å²) >= 11 is 0. The van der Waals surface area contributed by atoms with Crippen LogP contribution in [0, 0.1) is 13.8 Å². The molecule has 0 aliphatic rings. The zero-order chi connectivity index (χ0) is 24.2. The third kappa shape index (κ3) is 4.97. The minimum atomic E-state index is -3.70. The molecule has 0 bridgehead atoms. The molecule has 176 valence electrons. The first-order valence-corrected chi connectivity index (χ1v) is 11.9. The largest absolute Gasteiger partial charge is 0.462 e. The van der Waals surface area contributed by atoms with Gasteiger partial charge in [-0.05, 0) is 44.5 Å². The number of aromatic nitrogens is 1. The summed E-state index contributed by atoms with van der Waals surface area (Å²) in [5.74, 6) is -0.985. The molecule has 0 fully saturated rings. The van der Waals surface area contributed by atoms with Gasteiger partial charge in [-0.15, -0.1) is 0 Å². The molecule has 0 aliphatic heterocycles. The second-order valence-electron chi connectivity index (χ2n) is 7.46. The van der Waals surface area contributed by atoms with Gasteiger partial charge in [-0.1, -0.05) is 13.8 Å². The first kappa shape index (κ1) is 25.4. The first-order chi connectivity index (χ1) is 15.0. The van der Waals surface area contributed by atoms with E-state index in [4.69, 9.17) is 4.74 Å². The highest BCUT2D eigenvalue weighted by atomic mass is 32.2. The monoisotopic (exact) mass is 464 g/mol. The van der Waals surface area contributed by atoms with Crippen LogP contribution in [-0.4, -0.2) is 63.4 Å². The van der Waals surface area contributed by atoms with E-state index in [1.165, 1.54) is 16.4 Å². The van der Waals surface area contributed by atoms with Gasteiger partial charge in [-0.2, -0.15) is 4.31 Å². The van der Waals surface area contributed by atoms with Gasteiger partial charge in [-0.25, -0.2) is 13.2 Å². The normalized spacial score (nSPS) is 11.5. The number of hydrogen-bond donors (Lipinski definition) is 2. The fourth-order valence-corrected chi connectivity index (χ4v) is 5.03. The summed E-state index contributed by atoms with van der Waals surface area (Å²) in [7, 11) is -0.104. The lowest BCUT2D eigenvalue weighted by Gasteiger charge is -2.22. The van der Waals surface area contributed by atoms with Crippen LogP contribution in [0.15, 0.2) is 23.1 Å². The molecule has 0 aliphatic carbocycles. The number of nitrogens with zero attached hydrogens (tertiary/aromatic N) is 2. The number of hydrogen-bond acceptors (Lipinski definition) is 6. The Morgan fingerprint density at radius 1 is 1.09 bits per heavy atom. The number of rotatable bonds is 9. The van der Waals surface area contributed by atoms with Gasteiger partial charge in [0.2, 0.25) is 10.0 Å². The van der Waals surface area contributed by atoms with Crippen molar-refractivity contribution in [1.82, 2.24) is 9.29 Å². The standard InChI is InChI=1S/C22H32N4O5S/c1-8-26(9-2)32(29,30)16-11-12-18(25(6)7)17(13-16)24-21(27)20-14(4)19(15(5)23-20)22(28)31-10-3/h11-13,23H,8-10H2,1-7H3,(H,24,27). The Hall–Kier alpha value is -2.85. The summed E-state index contributed by atoms with van der Waals surface area (Å²) < 4.78 is 32.4. The number of aryl methyl sites for hydroxylation is 1. The second kappa shape index (κ2) is 10.2. The van der Waals surface area contributed by atoms with Crippen molar-refractivity contribution >= 4 is 33.3 Å². The van der Waals surface area contributed by atoms with Crippen LogP contribution in [0.3, 0.4) is 0 Å². The van der Waals surface area contributed by atoms with Crippen LogP contribution >= 0.6 is 0 Å². The molecule has 1 aromatic carbocycles. The molecule has 10 heteroatoms. The van der Waals surface area contributed by atoms with Crippen molar-refractivity contribution < 1.29 is 22.7 Å². The lowest BCUT2D eigenvalue weighted by molar-refractivity contribution is 0.0525. The number of anilines is 2. The Labute approximate surface area is 189 Å². The molecule has 0 radical (unpaired) electrons. The van der Waals surface area contributed by atoms with E-state index in [2.05, 4.69) is 10.3 Å². The molecule has 1 heterocycles. The van der Waals surface area contributed by atoms with E-state index in [1.54, 1.807) is 59.7 Å². The lowest BCUT2D eigenvalue weighted by Crippen LogP contribution is -2.30. The third-order valence-electron chi connectivity index (χ3n) is 5.19. The van der Waals surface area contributed by atoms with Crippen LogP contribution in [0.25, 0.3) is 0 Å². The molecule has 2 rings (SSSR count). The number of benzene rings is 1. The number of sulfonamides is 1. The van der Waals surface area contributed by atoms with Crippen molar-refractivity contribution in [2.24, 2.45) is 0 Å². The van der Waals surface area contributed by atoms with E-state index in [1.807, 2.05) is 0 Å². The van der Waals surface area contributed by atoms with Crippen LogP contribution < -0.4 is 10.2 Å². The van der Waals surface area contributed by atoms with Crippen molar-refractivity contribution in [2.45, 2.75) is 39.5 Å². The van der Waals surface area contributed by atoms with E-state index in [0.29, 0.717) is 41.3 Å². The number of carbonyl (C=O) groups is 2. The van der Waals surface area contributed by atoms with Gasteiger partial charge in [0, 0.05) is 32.9 Å². The second-order valence-corrected chi connectivity index (χ2v) is 9.40. The molecule has 0 saturated carbocycles. The fourth-order valence-electron chi connectivity index (χ4n) is 3.55. The predicted octanol–water partition coefficient (Wildman–Crippen LogP) is 3.16. The molecular weight excluding hydrogens is 432 g/mol. The number of nitrogens with one attached hydrogen (secondary N) is 2. The summed E-state index contributed by atoms with van der Waals surface area (Å²) in [6.07, 6.45) is 0. The van der Waals surface area contributed by atoms with E-state index < -0.39 is 21.9 Å². The summed E-state index contributed by atoms with van der Waals surface area (Å²) in [5.41, 5.74) is 2.52. The lowest BCUT2D eigenvalue weighted by atomic mass is 10.1. The number of aromatic amines is 1. The van der Waals surface area contributed by atoms with Crippen molar-refractivity contribution in [1.29, 1.82) is 0 Å². The fraction of sp³-hybridized carbons (Fsp3) is 0.455. The SMILES string of the molecule is CCOC(=O)c1c(C)[nH]c(C(=O)Nc2cc(S(=O)(=O)N(CC)CC)ccc2N(C)C)c1C. The molecule has 0 atom stereocenters. The summed E-state index contributed by atoms with van der Waals surface area (Å²) in [5, 5.41) is 2.80. The Balaban J connectivity index is 2.49. The van der Waals surface area contributed by atoms with E-state index >= 15 is 0 Å². The maximum atomic E-state index is 13.1. The highest BCUT2D eigenvalue weighted by Gasteiger charge is 2.26. The molecule has 0 unspecified atom stereocenters. The van der Waals surface area contributed by atoms with Gasteiger partial charge < -0.3 is 19.9 Å². The number of esters is 1. The number of ether oxygens (including phenoxy) is 1. The zero-order valence-electron chi connectivity index (χ0n) is 19.7. The average Bonchev–Trinajstić information content (AvgIpc) is 3.02. The summed E-state index contributed by atoms with van der Waals surface area (Å²) in [4.78, 5) is 30.2. The maximum Gasteiger partial charge on any atom is 0.340 e. The van der Waals surface area contributed by atoms with Gasteiger partial charge in [-0.3, -0.25) is 4.79 Å². The van der Waals surface area contributed by atoms with Crippen LogP contribution in [0.5, 0.6) is 0 Å². The number of amides is 1. The molecule has 0 spiro atoms. The summed E-state index contributed by atoms with van der Waals surface area (Å²) in [6, 6.07) is 4.64. The minimum absolute atomic E-state index is 0.0914. The highest BCUT2D eigenvalue weighted by molar-refractivity contribution is 7.89. The topological polar surface area (TPSA) is 112 Å². The predicted molar refractivity (Wildman–Crippen MR) is 125 cm³/mol. The van der Waals surface area contributed by atoms with Crippen molar-refractivity contribution in [2.75, 3.05) is 44.0 Å². The molecular formula is C22H32N4O5S. The van der Waals surface area contributed by atoms with Crippen molar-refractivity contribution in [3.05, 3.63) is 40.7 Å². The van der Waals surface area contributed by atoms with Crippen LogP contribution in [-0.2, 0) is 14.8 Å². The Kier molecular flexibility index (Phi) is 8.08. The van der Waals surface area contributed by atoms with Crippen molar-refractivity contribution in [3.63, 3.8) is 0 Å². The number of H-pyrrole nitrogens is 1. The van der Waals surface area contributed by atoms with Crippen LogP contribution in [0.2, 0.25) is 0 Å². The summed E-state index contributed by atoms with van der Waals surface area (Å²) in [6.45, 7) is 9.53. The van der Waals surface area contributed by atoms with Gasteiger partial charge in [0.15, 0.2) is 0 Å². The van der Waals surface area contributed by atoms with Crippen LogP contribution in [0.4, 0.5) is 11.4 Å². The van der Waals surface area contributed by atoms with Crippen molar-refractivity contribution in [3.8, 4) is 0 Å². The maximum absolute atomic E-state index is 13.1. The van der Waals surface area contributed by atoms with E-state index in [-0.39, 0.29) is 17.2 Å². The smallest absolute Gasteiger partial charge is 0.340 e. The minimum Gasteiger partial charge on any atom is -0.462 e. The van der Waals surface area contributed by atoms with E-state index in [9.17, 15) is 18.0 Å². The molecule has 32 heavy (non-hydrogen) atoms. The molecule has 9 nitrogen and oxygen atoms in total. The Morgan fingerprint density at radius 2 is 1.72 bits per heavy atom. The molecule has 0 saturated heterocycles. The average molecular weight is 465 g/mol. The zero-order valence-corrected chi connectivity index (χ0v) is 20.5. The highest BCUT2D eigenvalue weighted by Crippen LogP contribution is 2.30. The first-order valence-electron chi connectivity index (χ1n) is 10.5. The van der Waals surface area contributed by atoms with E-state index in [0.717, 1.165) is 0 Å². The molecule has 2 aromatic rings. The van der Waals surface area contributed by atoms with Gasteiger partial charge in [0.25, 0.3) is 5.91 Å². The molecule has 1 aromatic heterocycles. The quantitative estimate of drug-likeness (QED) is 0.552. The third-order valence-corrected chi connectivity index (χ3v) is 7.23. The Morgan fingerprint density at radius 3 is 2.25 bits per heavy atom. The Bertz CT molecular complexity index is 1100. The molecule has 1 amide bonds. The van der Waals surface area contributed by atoms with Gasteiger partial charge in [0.1, 0.15) is 5.69 Å².